The summed E-state index contributed by atoms with van der Waals surface area (Å²) in [6, 6.07) is 0. The Morgan fingerprint density at radius 2 is 2.20 bits per heavy atom. The highest BCUT2D eigenvalue weighted by Crippen LogP contribution is 2.35. The quantitative estimate of drug-likeness (QED) is 0.503. The van der Waals surface area contributed by atoms with Crippen LogP contribution >= 0.6 is 0 Å². The molecule has 0 aliphatic heterocycles. The van der Waals surface area contributed by atoms with Gasteiger partial charge in [0.15, 0.2) is 0 Å². The number of rotatable bonds is 0. The second kappa shape index (κ2) is 2.37. The van der Waals surface area contributed by atoms with Gasteiger partial charge in [0.25, 0.3) is 0 Å². The molecule has 1 aliphatic rings. The Hall–Kier alpha value is -0.330. The molecule has 1 radical (unpaired) electrons. The number of ketones is 1. The highest BCUT2D eigenvalue weighted by atomic mass is 16.1. The highest BCUT2D eigenvalue weighted by Gasteiger charge is 2.30. The van der Waals surface area contributed by atoms with Gasteiger partial charge in [-0.15, -0.1) is 0 Å². The van der Waals surface area contributed by atoms with Gasteiger partial charge < -0.3 is 0 Å². The van der Waals surface area contributed by atoms with Gasteiger partial charge in [-0.25, -0.2) is 0 Å². The first-order valence-electron chi connectivity index (χ1n) is 3.87. The monoisotopic (exact) mass is 139 g/mol. The fourth-order valence-corrected chi connectivity index (χ4v) is 1.85. The van der Waals surface area contributed by atoms with Crippen molar-refractivity contribution in [3.63, 3.8) is 0 Å². The summed E-state index contributed by atoms with van der Waals surface area (Å²) in [4.78, 5) is 11.0. The van der Waals surface area contributed by atoms with Crippen LogP contribution in [0.4, 0.5) is 0 Å². The van der Waals surface area contributed by atoms with Crippen molar-refractivity contribution >= 4 is 5.78 Å². The molecule has 0 heterocycles. The van der Waals surface area contributed by atoms with E-state index >= 15 is 0 Å². The van der Waals surface area contributed by atoms with Gasteiger partial charge in [0.1, 0.15) is 5.78 Å². The summed E-state index contributed by atoms with van der Waals surface area (Å²) in [6.45, 7) is 6.43. The Bertz CT molecular complexity index is 147. The summed E-state index contributed by atoms with van der Waals surface area (Å²) in [5, 5.41) is 0. The van der Waals surface area contributed by atoms with E-state index in [1.54, 1.807) is 0 Å². The molecule has 1 nitrogen and oxygen atoms in total. The molecule has 1 rings (SSSR count). The summed E-state index contributed by atoms with van der Waals surface area (Å²) >= 11 is 0. The van der Waals surface area contributed by atoms with Crippen molar-refractivity contribution in [2.24, 2.45) is 11.3 Å². The van der Waals surface area contributed by atoms with Gasteiger partial charge in [-0.3, -0.25) is 4.79 Å². The zero-order valence-electron chi connectivity index (χ0n) is 6.98. The molecule has 1 saturated carbocycles. The Morgan fingerprint density at radius 3 is 2.60 bits per heavy atom. The van der Waals surface area contributed by atoms with Gasteiger partial charge in [0.2, 0.25) is 0 Å². The van der Waals surface area contributed by atoms with Crippen molar-refractivity contribution in [1.29, 1.82) is 0 Å². The fraction of sp³-hybridized carbons (Fsp3) is 0.778. The molecule has 1 aliphatic carbocycles. The summed E-state index contributed by atoms with van der Waals surface area (Å²) in [6.07, 6.45) is 3.74. The molecule has 0 bridgehead atoms. The van der Waals surface area contributed by atoms with Crippen LogP contribution in [0.25, 0.3) is 0 Å². The molecule has 1 unspecified atom stereocenters. The topological polar surface area (TPSA) is 17.1 Å². The summed E-state index contributed by atoms with van der Waals surface area (Å²) in [5.41, 5.74) is 0.241. The maximum Gasteiger partial charge on any atom is 0.137 e. The third kappa shape index (κ3) is 1.83. The zero-order chi connectivity index (χ0) is 7.78. The van der Waals surface area contributed by atoms with Crippen LogP contribution in [0.15, 0.2) is 0 Å². The lowest BCUT2D eigenvalue weighted by Crippen LogP contribution is -2.27. The Labute approximate surface area is 62.8 Å². The zero-order valence-corrected chi connectivity index (χ0v) is 6.98. The maximum absolute atomic E-state index is 11.0. The second-order valence-electron chi connectivity index (χ2n) is 4.16. The van der Waals surface area contributed by atoms with Crippen molar-refractivity contribution < 1.29 is 4.79 Å². The number of carbonyl (C=O) groups is 1. The predicted molar refractivity (Wildman–Crippen MR) is 41.5 cm³/mol. The first kappa shape index (κ1) is 7.77. The number of hydrogen-bond acceptors (Lipinski definition) is 1. The molecule has 0 saturated heterocycles. The van der Waals surface area contributed by atoms with Gasteiger partial charge in [-0.2, -0.15) is 0 Å². The van der Waals surface area contributed by atoms with Crippen molar-refractivity contribution in [2.45, 2.75) is 33.6 Å². The number of carbonyl (C=O) groups excluding carboxylic acids is 1. The Morgan fingerprint density at radius 1 is 1.60 bits per heavy atom. The Kier molecular flexibility index (Phi) is 1.84. The van der Waals surface area contributed by atoms with Crippen LogP contribution in [-0.2, 0) is 4.79 Å². The number of hydrogen-bond donors (Lipinski definition) is 0. The third-order valence-electron chi connectivity index (χ3n) is 2.00. The second-order valence-corrected chi connectivity index (χ2v) is 4.16. The van der Waals surface area contributed by atoms with Gasteiger partial charge in [-0.05, 0) is 17.8 Å². The predicted octanol–water partition coefficient (Wildman–Crippen LogP) is 2.22. The van der Waals surface area contributed by atoms with Crippen LogP contribution in [0.1, 0.15) is 33.6 Å². The minimum atomic E-state index is 0.241. The molecule has 0 aromatic carbocycles. The molecular weight excluding hydrogens is 124 g/mol. The Balaban J connectivity index is 2.59. The molecular formula is C9H15O. The summed E-state index contributed by atoms with van der Waals surface area (Å²) in [7, 11) is 0. The lowest BCUT2D eigenvalue weighted by molar-refractivity contribution is -0.120. The van der Waals surface area contributed by atoms with Crippen LogP contribution in [-0.4, -0.2) is 5.78 Å². The minimum Gasteiger partial charge on any atom is -0.299 e. The van der Waals surface area contributed by atoms with E-state index in [1.807, 2.05) is 6.42 Å². The average Bonchev–Trinajstić information content (AvgIpc) is 1.54. The molecule has 1 heteroatoms. The lowest BCUT2D eigenvalue weighted by atomic mass is 9.72. The van der Waals surface area contributed by atoms with E-state index in [0.717, 1.165) is 12.8 Å². The normalized spacial score (nSPS) is 32.3. The van der Waals surface area contributed by atoms with Gasteiger partial charge in [0, 0.05) is 12.8 Å². The summed E-state index contributed by atoms with van der Waals surface area (Å²) in [5.74, 6) is 0.806. The largest absolute Gasteiger partial charge is 0.299 e. The standard InChI is InChI=1S/C9H15O/c1-7-4-8(10)6-9(2,3)5-7/h4,7H,5-6H2,1-3H3. The molecule has 1 fully saturated rings. The van der Waals surface area contributed by atoms with Gasteiger partial charge in [0.05, 0.1) is 0 Å². The first-order chi connectivity index (χ1) is 4.49. The number of Topliss-reactive ketones (excluding diaryl/α,β-unsaturated/α-hetero) is 1. The van der Waals surface area contributed by atoms with Crippen LogP contribution in [0.2, 0.25) is 0 Å². The lowest BCUT2D eigenvalue weighted by Gasteiger charge is -2.31. The van der Waals surface area contributed by atoms with E-state index in [-0.39, 0.29) is 5.41 Å². The molecule has 57 valence electrons. The molecule has 1 atom stereocenters. The van der Waals surface area contributed by atoms with E-state index < -0.39 is 0 Å². The van der Waals surface area contributed by atoms with E-state index in [4.69, 9.17) is 0 Å². The molecule has 0 aromatic heterocycles. The van der Waals surface area contributed by atoms with E-state index in [0.29, 0.717) is 11.7 Å². The SMILES string of the molecule is CC1[CH]C(=O)CC(C)(C)C1. The highest BCUT2D eigenvalue weighted by molar-refractivity contribution is 5.88. The van der Waals surface area contributed by atoms with Crippen LogP contribution in [0.5, 0.6) is 0 Å². The smallest absolute Gasteiger partial charge is 0.137 e. The molecule has 0 N–H and O–H groups in total. The molecule has 0 spiro atoms. The minimum absolute atomic E-state index is 0.241. The van der Waals surface area contributed by atoms with Crippen molar-refractivity contribution in [3.8, 4) is 0 Å². The van der Waals surface area contributed by atoms with Crippen LogP contribution < -0.4 is 0 Å². The average molecular weight is 139 g/mol. The van der Waals surface area contributed by atoms with E-state index in [1.165, 1.54) is 0 Å². The van der Waals surface area contributed by atoms with Crippen LogP contribution in [0, 0.1) is 17.8 Å². The fourth-order valence-electron chi connectivity index (χ4n) is 1.85. The maximum atomic E-state index is 11.0. The van der Waals surface area contributed by atoms with E-state index in [9.17, 15) is 4.79 Å². The van der Waals surface area contributed by atoms with Crippen molar-refractivity contribution in [2.75, 3.05) is 0 Å². The van der Waals surface area contributed by atoms with Gasteiger partial charge >= 0.3 is 0 Å². The van der Waals surface area contributed by atoms with Crippen molar-refractivity contribution in [3.05, 3.63) is 6.42 Å². The van der Waals surface area contributed by atoms with Gasteiger partial charge in [-0.1, -0.05) is 20.8 Å². The van der Waals surface area contributed by atoms with E-state index in [2.05, 4.69) is 20.8 Å². The summed E-state index contributed by atoms with van der Waals surface area (Å²) < 4.78 is 0. The van der Waals surface area contributed by atoms with Crippen LogP contribution in [0.3, 0.4) is 0 Å². The van der Waals surface area contributed by atoms with Crippen molar-refractivity contribution in [1.82, 2.24) is 0 Å². The molecule has 0 aromatic rings. The molecule has 10 heavy (non-hydrogen) atoms. The first-order valence-corrected chi connectivity index (χ1v) is 3.87. The third-order valence-corrected chi connectivity index (χ3v) is 2.00. The molecule has 0 amide bonds.